The highest BCUT2D eigenvalue weighted by atomic mass is 16.2. The van der Waals surface area contributed by atoms with Crippen LogP contribution in [0.15, 0.2) is 24.3 Å². The van der Waals surface area contributed by atoms with Gasteiger partial charge in [0.15, 0.2) is 0 Å². The van der Waals surface area contributed by atoms with Crippen molar-refractivity contribution < 1.29 is 9.59 Å². The second kappa shape index (κ2) is 9.36. The van der Waals surface area contributed by atoms with Crippen molar-refractivity contribution in [1.82, 2.24) is 15.1 Å². The number of nitrogens with one attached hydrogen (secondary N) is 2. The predicted molar refractivity (Wildman–Crippen MR) is 94.5 cm³/mol. The molecule has 0 unspecified atom stereocenters. The third-order valence-corrected chi connectivity index (χ3v) is 4.19. The molecule has 2 rings (SSSR count). The Morgan fingerprint density at radius 3 is 2.25 bits per heavy atom. The maximum absolute atomic E-state index is 11.7. The first-order valence-electron chi connectivity index (χ1n) is 8.41. The number of hydrogen-bond donors (Lipinski definition) is 3. The van der Waals surface area contributed by atoms with Gasteiger partial charge in [0.2, 0.25) is 11.8 Å². The summed E-state index contributed by atoms with van der Waals surface area (Å²) in [7, 11) is 0. The van der Waals surface area contributed by atoms with Crippen molar-refractivity contribution in [2.24, 2.45) is 5.73 Å². The molecule has 0 spiro atoms. The average molecular weight is 333 g/mol. The summed E-state index contributed by atoms with van der Waals surface area (Å²) >= 11 is 0. The summed E-state index contributed by atoms with van der Waals surface area (Å²) in [4.78, 5) is 27.6. The van der Waals surface area contributed by atoms with Crippen molar-refractivity contribution in [3.63, 3.8) is 0 Å². The van der Waals surface area contributed by atoms with Crippen LogP contribution >= 0.6 is 0 Å². The molecule has 0 radical (unpaired) electrons. The lowest BCUT2D eigenvalue weighted by Crippen LogP contribution is -2.45. The Labute approximate surface area is 143 Å². The lowest BCUT2D eigenvalue weighted by molar-refractivity contribution is -0.123. The van der Waals surface area contributed by atoms with Crippen LogP contribution in [0.2, 0.25) is 0 Å². The quantitative estimate of drug-likeness (QED) is 0.645. The summed E-state index contributed by atoms with van der Waals surface area (Å²) < 4.78 is 0. The minimum absolute atomic E-state index is 0.0699. The Kier molecular flexibility index (Phi) is 7.17. The smallest absolute Gasteiger partial charge is 0.243 e. The standard InChI is InChI=1S/C17H27N5O2/c1-2-21-7-9-22(10-8-21)13-14-3-5-15(6-4-14)20-17(24)12-19-16(23)11-18/h3-6H,2,7-13,18H2,1H3,(H,19,23)(H,20,24). The Balaban J connectivity index is 1.76. The molecule has 1 fully saturated rings. The number of hydrogen-bond acceptors (Lipinski definition) is 5. The summed E-state index contributed by atoms with van der Waals surface area (Å²) in [5.41, 5.74) is 7.12. The van der Waals surface area contributed by atoms with E-state index in [1.165, 1.54) is 5.56 Å². The van der Waals surface area contributed by atoms with Crippen LogP contribution in [0.3, 0.4) is 0 Å². The van der Waals surface area contributed by atoms with E-state index in [-0.39, 0.29) is 24.9 Å². The number of piperazine rings is 1. The first-order valence-corrected chi connectivity index (χ1v) is 8.41. The van der Waals surface area contributed by atoms with E-state index in [1.54, 1.807) is 0 Å². The fraction of sp³-hybridized carbons (Fsp3) is 0.529. The molecule has 0 aromatic heterocycles. The van der Waals surface area contributed by atoms with Gasteiger partial charge in [-0.3, -0.25) is 14.5 Å². The average Bonchev–Trinajstić information content (AvgIpc) is 2.62. The number of rotatable bonds is 7. The van der Waals surface area contributed by atoms with Crippen LogP contribution < -0.4 is 16.4 Å². The fourth-order valence-corrected chi connectivity index (χ4v) is 2.67. The molecule has 0 aliphatic carbocycles. The number of nitrogens with zero attached hydrogens (tertiary/aromatic N) is 2. The van der Waals surface area contributed by atoms with Gasteiger partial charge in [0.1, 0.15) is 0 Å². The fourth-order valence-electron chi connectivity index (χ4n) is 2.67. The maximum atomic E-state index is 11.7. The maximum Gasteiger partial charge on any atom is 0.243 e. The highest BCUT2D eigenvalue weighted by Crippen LogP contribution is 2.13. The van der Waals surface area contributed by atoms with Crippen LogP contribution in [0.25, 0.3) is 0 Å². The number of carbonyl (C=O) groups excluding carboxylic acids is 2. The van der Waals surface area contributed by atoms with Crippen LogP contribution in [0.1, 0.15) is 12.5 Å². The number of likely N-dealkylation sites (N-methyl/N-ethyl adjacent to an activating group) is 1. The highest BCUT2D eigenvalue weighted by molar-refractivity contribution is 5.94. The molecule has 0 saturated carbocycles. The van der Waals surface area contributed by atoms with Gasteiger partial charge >= 0.3 is 0 Å². The van der Waals surface area contributed by atoms with Gasteiger partial charge in [0.05, 0.1) is 13.1 Å². The van der Waals surface area contributed by atoms with E-state index in [0.29, 0.717) is 0 Å². The zero-order valence-corrected chi connectivity index (χ0v) is 14.3. The summed E-state index contributed by atoms with van der Waals surface area (Å²) in [5, 5.41) is 5.19. The summed E-state index contributed by atoms with van der Waals surface area (Å²) in [6.07, 6.45) is 0. The van der Waals surface area contributed by atoms with Crippen molar-refractivity contribution >= 4 is 17.5 Å². The number of anilines is 1. The van der Waals surface area contributed by atoms with Gasteiger partial charge in [-0.05, 0) is 24.2 Å². The minimum atomic E-state index is -0.344. The second-order valence-corrected chi connectivity index (χ2v) is 5.94. The molecule has 0 atom stereocenters. The first-order chi connectivity index (χ1) is 11.6. The molecule has 1 heterocycles. The molecule has 132 valence electrons. The van der Waals surface area contributed by atoms with Crippen LogP contribution in [0, 0.1) is 0 Å². The van der Waals surface area contributed by atoms with Crippen molar-refractivity contribution in [3.05, 3.63) is 29.8 Å². The van der Waals surface area contributed by atoms with Crippen molar-refractivity contribution in [3.8, 4) is 0 Å². The van der Waals surface area contributed by atoms with Gasteiger partial charge < -0.3 is 21.3 Å². The SMILES string of the molecule is CCN1CCN(Cc2ccc(NC(=O)CNC(=O)CN)cc2)CC1. The topological polar surface area (TPSA) is 90.7 Å². The molecular weight excluding hydrogens is 306 g/mol. The van der Waals surface area contributed by atoms with E-state index >= 15 is 0 Å². The van der Waals surface area contributed by atoms with Gasteiger partial charge in [0, 0.05) is 38.4 Å². The van der Waals surface area contributed by atoms with Gasteiger partial charge in [-0.1, -0.05) is 19.1 Å². The van der Waals surface area contributed by atoms with Gasteiger partial charge in [-0.2, -0.15) is 0 Å². The molecule has 4 N–H and O–H groups in total. The van der Waals surface area contributed by atoms with E-state index < -0.39 is 0 Å². The van der Waals surface area contributed by atoms with Crippen molar-refractivity contribution in [2.75, 3.05) is 51.1 Å². The van der Waals surface area contributed by atoms with E-state index in [2.05, 4.69) is 27.4 Å². The van der Waals surface area contributed by atoms with E-state index in [9.17, 15) is 9.59 Å². The third kappa shape index (κ3) is 5.92. The molecule has 1 aromatic carbocycles. The summed E-state index contributed by atoms with van der Waals surface area (Å²) in [6.45, 7) is 8.49. The normalized spacial score (nSPS) is 15.9. The number of carbonyl (C=O) groups is 2. The minimum Gasteiger partial charge on any atom is -0.346 e. The molecule has 7 nitrogen and oxygen atoms in total. The Bertz CT molecular complexity index is 538. The predicted octanol–water partition coefficient (Wildman–Crippen LogP) is -0.162. The van der Waals surface area contributed by atoms with Crippen molar-refractivity contribution in [2.45, 2.75) is 13.5 Å². The number of benzene rings is 1. The monoisotopic (exact) mass is 333 g/mol. The molecule has 1 aliphatic rings. The number of amides is 2. The second-order valence-electron chi connectivity index (χ2n) is 5.94. The lowest BCUT2D eigenvalue weighted by atomic mass is 10.1. The number of nitrogens with two attached hydrogens (primary N) is 1. The molecule has 24 heavy (non-hydrogen) atoms. The molecule has 7 heteroatoms. The van der Waals surface area contributed by atoms with Crippen molar-refractivity contribution in [1.29, 1.82) is 0 Å². The van der Waals surface area contributed by atoms with E-state index in [0.717, 1.165) is 45.0 Å². The Morgan fingerprint density at radius 2 is 1.67 bits per heavy atom. The van der Waals surface area contributed by atoms with Crippen LogP contribution in [-0.2, 0) is 16.1 Å². The van der Waals surface area contributed by atoms with E-state index in [4.69, 9.17) is 5.73 Å². The largest absolute Gasteiger partial charge is 0.346 e. The van der Waals surface area contributed by atoms with Gasteiger partial charge in [-0.15, -0.1) is 0 Å². The first kappa shape index (κ1) is 18.4. The van der Waals surface area contributed by atoms with E-state index in [1.807, 2.05) is 24.3 Å². The molecular formula is C17H27N5O2. The Hall–Kier alpha value is -1.96. The zero-order valence-electron chi connectivity index (χ0n) is 14.3. The molecule has 1 aliphatic heterocycles. The van der Waals surface area contributed by atoms with Gasteiger partial charge in [-0.25, -0.2) is 0 Å². The Morgan fingerprint density at radius 1 is 1.04 bits per heavy atom. The third-order valence-electron chi connectivity index (χ3n) is 4.19. The van der Waals surface area contributed by atoms with Crippen LogP contribution in [0.4, 0.5) is 5.69 Å². The molecule has 1 saturated heterocycles. The van der Waals surface area contributed by atoms with Gasteiger partial charge in [0.25, 0.3) is 0 Å². The molecule has 2 amide bonds. The molecule has 0 bridgehead atoms. The lowest BCUT2D eigenvalue weighted by Gasteiger charge is -2.34. The summed E-state index contributed by atoms with van der Waals surface area (Å²) in [6, 6.07) is 7.83. The highest BCUT2D eigenvalue weighted by Gasteiger charge is 2.15. The summed E-state index contributed by atoms with van der Waals surface area (Å²) in [5.74, 6) is -0.607. The van der Waals surface area contributed by atoms with Crippen LogP contribution in [0.5, 0.6) is 0 Å². The zero-order chi connectivity index (χ0) is 17.4. The molecule has 1 aromatic rings. The van der Waals surface area contributed by atoms with Crippen LogP contribution in [-0.4, -0.2) is 67.4 Å².